The quantitative estimate of drug-likeness (QED) is 0.781. The van der Waals surface area contributed by atoms with Crippen LogP contribution in [0.4, 0.5) is 0 Å². The zero-order valence-corrected chi connectivity index (χ0v) is 13.9. The van der Waals surface area contributed by atoms with Gasteiger partial charge in [0.1, 0.15) is 0 Å². The van der Waals surface area contributed by atoms with Crippen LogP contribution in [0.25, 0.3) is 0 Å². The molecule has 0 bridgehead atoms. The van der Waals surface area contributed by atoms with E-state index in [0.29, 0.717) is 31.0 Å². The van der Waals surface area contributed by atoms with Crippen molar-refractivity contribution in [3.63, 3.8) is 0 Å². The van der Waals surface area contributed by atoms with Crippen molar-refractivity contribution < 1.29 is 13.2 Å². The first-order valence-corrected chi connectivity index (χ1v) is 8.86. The number of benzene rings is 1. The molecule has 0 heterocycles. The lowest BCUT2D eigenvalue weighted by atomic mass is 10.0. The van der Waals surface area contributed by atoms with Gasteiger partial charge in [0.05, 0.1) is 6.26 Å². The lowest BCUT2D eigenvalue weighted by Gasteiger charge is -2.14. The van der Waals surface area contributed by atoms with E-state index in [1.807, 2.05) is 24.3 Å². The first-order valence-electron chi connectivity index (χ1n) is 7.01. The molecule has 1 aromatic rings. The second-order valence-corrected chi connectivity index (χ2v) is 7.56. The van der Waals surface area contributed by atoms with Gasteiger partial charge in [-0.25, -0.2) is 12.7 Å². The maximum atomic E-state index is 11.9. The van der Waals surface area contributed by atoms with E-state index in [4.69, 9.17) is 0 Å². The summed E-state index contributed by atoms with van der Waals surface area (Å²) in [6.07, 6.45) is 1.75. The second-order valence-electron chi connectivity index (χ2n) is 5.47. The minimum absolute atomic E-state index is 0.132. The maximum absolute atomic E-state index is 11.9. The third-order valence-electron chi connectivity index (χ3n) is 3.34. The van der Waals surface area contributed by atoms with Crippen molar-refractivity contribution in [1.82, 2.24) is 9.62 Å². The predicted octanol–water partition coefficient (Wildman–Crippen LogP) is 1.82. The lowest BCUT2D eigenvalue weighted by molar-refractivity contribution is 0.0953. The smallest absolute Gasteiger partial charge is 0.251 e. The minimum Gasteiger partial charge on any atom is -0.352 e. The molecule has 0 radical (unpaired) electrons. The molecule has 0 aromatic heterocycles. The van der Waals surface area contributed by atoms with E-state index in [1.54, 1.807) is 0 Å². The van der Waals surface area contributed by atoms with Crippen LogP contribution in [0.3, 0.4) is 0 Å². The summed E-state index contributed by atoms with van der Waals surface area (Å²) < 4.78 is 23.7. The van der Waals surface area contributed by atoms with E-state index >= 15 is 0 Å². The summed E-state index contributed by atoms with van der Waals surface area (Å²) in [6, 6.07) is 7.54. The summed E-state index contributed by atoms with van der Waals surface area (Å²) in [5.41, 5.74) is 1.82. The molecule has 0 spiro atoms. The minimum atomic E-state index is -3.15. The van der Waals surface area contributed by atoms with Crippen LogP contribution < -0.4 is 5.32 Å². The van der Waals surface area contributed by atoms with Crippen LogP contribution in [0.2, 0.25) is 0 Å². The molecule has 0 aliphatic rings. The molecule has 21 heavy (non-hydrogen) atoms. The van der Waals surface area contributed by atoms with Gasteiger partial charge >= 0.3 is 0 Å². The van der Waals surface area contributed by atoms with E-state index in [9.17, 15) is 13.2 Å². The van der Waals surface area contributed by atoms with Gasteiger partial charge in [-0.2, -0.15) is 0 Å². The van der Waals surface area contributed by atoms with Crippen LogP contribution in [0.15, 0.2) is 24.3 Å². The Morgan fingerprint density at radius 3 is 2.29 bits per heavy atom. The van der Waals surface area contributed by atoms with Crippen molar-refractivity contribution >= 4 is 15.9 Å². The van der Waals surface area contributed by atoms with Crippen molar-refractivity contribution in [3.05, 3.63) is 35.4 Å². The number of nitrogens with one attached hydrogen (secondary N) is 1. The third-order valence-corrected chi connectivity index (χ3v) is 4.66. The molecular weight excluding hydrogens is 288 g/mol. The van der Waals surface area contributed by atoms with Crippen LogP contribution in [-0.2, 0) is 10.0 Å². The van der Waals surface area contributed by atoms with Crippen molar-refractivity contribution in [1.29, 1.82) is 0 Å². The topological polar surface area (TPSA) is 66.5 Å². The zero-order chi connectivity index (χ0) is 16.0. The standard InChI is InChI=1S/C15H24N2O3S/c1-12(2)13-6-8-14(9-7-13)15(18)16-10-5-11-17(3)21(4,19)20/h6-9,12H,5,10-11H2,1-4H3,(H,16,18). The molecule has 1 aromatic carbocycles. The van der Waals surface area contributed by atoms with Crippen LogP contribution in [0.1, 0.15) is 42.1 Å². The van der Waals surface area contributed by atoms with Crippen molar-refractivity contribution in [2.45, 2.75) is 26.2 Å². The van der Waals surface area contributed by atoms with Crippen LogP contribution in [0, 0.1) is 0 Å². The normalized spacial score (nSPS) is 11.9. The van der Waals surface area contributed by atoms with Crippen LogP contribution >= 0.6 is 0 Å². The van der Waals surface area contributed by atoms with E-state index in [1.165, 1.54) is 23.2 Å². The second kappa shape index (κ2) is 7.56. The van der Waals surface area contributed by atoms with Crippen molar-refractivity contribution in [2.75, 3.05) is 26.4 Å². The van der Waals surface area contributed by atoms with E-state index in [0.717, 1.165) is 0 Å². The fourth-order valence-corrected chi connectivity index (χ4v) is 2.25. The van der Waals surface area contributed by atoms with Gasteiger partial charge in [-0.1, -0.05) is 26.0 Å². The summed E-state index contributed by atoms with van der Waals surface area (Å²) in [4.78, 5) is 11.9. The first-order chi connectivity index (χ1) is 9.71. The molecule has 0 atom stereocenters. The lowest BCUT2D eigenvalue weighted by Crippen LogP contribution is -2.30. The van der Waals surface area contributed by atoms with Gasteiger partial charge in [0, 0.05) is 25.7 Å². The summed E-state index contributed by atoms with van der Waals surface area (Å²) in [5, 5.41) is 2.79. The number of rotatable bonds is 7. The average molecular weight is 312 g/mol. The number of carbonyl (C=O) groups is 1. The Morgan fingerprint density at radius 2 is 1.81 bits per heavy atom. The van der Waals surface area contributed by atoms with Gasteiger partial charge in [0.2, 0.25) is 10.0 Å². The van der Waals surface area contributed by atoms with Gasteiger partial charge in [-0.05, 0) is 30.0 Å². The van der Waals surface area contributed by atoms with E-state index < -0.39 is 10.0 Å². The molecule has 0 saturated heterocycles. The van der Waals surface area contributed by atoms with Crippen molar-refractivity contribution in [3.8, 4) is 0 Å². The Morgan fingerprint density at radius 1 is 1.24 bits per heavy atom. The van der Waals surface area contributed by atoms with Crippen molar-refractivity contribution in [2.24, 2.45) is 0 Å². The molecule has 5 nitrogen and oxygen atoms in total. The number of carbonyl (C=O) groups excluding carboxylic acids is 1. The zero-order valence-electron chi connectivity index (χ0n) is 13.1. The molecule has 0 saturated carbocycles. The van der Waals surface area contributed by atoms with Gasteiger partial charge < -0.3 is 5.32 Å². The third kappa shape index (κ3) is 5.85. The fraction of sp³-hybridized carbons (Fsp3) is 0.533. The highest BCUT2D eigenvalue weighted by atomic mass is 32.2. The highest BCUT2D eigenvalue weighted by Crippen LogP contribution is 2.14. The molecule has 1 amide bonds. The molecule has 0 aliphatic heterocycles. The van der Waals surface area contributed by atoms with Crippen LogP contribution in [0.5, 0.6) is 0 Å². The van der Waals surface area contributed by atoms with Gasteiger partial charge in [0.15, 0.2) is 0 Å². The maximum Gasteiger partial charge on any atom is 0.251 e. The Bertz CT molecular complexity index is 565. The monoisotopic (exact) mass is 312 g/mol. The number of hydrogen-bond acceptors (Lipinski definition) is 3. The predicted molar refractivity (Wildman–Crippen MR) is 85.0 cm³/mol. The summed E-state index contributed by atoms with van der Waals surface area (Å²) in [6.45, 7) is 5.05. The largest absolute Gasteiger partial charge is 0.352 e. The summed E-state index contributed by atoms with van der Waals surface area (Å²) in [5.74, 6) is 0.306. The molecule has 0 fully saturated rings. The highest BCUT2D eigenvalue weighted by molar-refractivity contribution is 7.88. The average Bonchev–Trinajstić information content (AvgIpc) is 2.42. The Hall–Kier alpha value is -1.40. The summed E-state index contributed by atoms with van der Waals surface area (Å²) in [7, 11) is -1.62. The van der Waals surface area contributed by atoms with Crippen LogP contribution in [-0.4, -0.2) is 45.0 Å². The first kappa shape index (κ1) is 17.7. The number of sulfonamides is 1. The molecule has 1 N–H and O–H groups in total. The molecule has 1 rings (SSSR count). The Kier molecular flexibility index (Phi) is 6.36. The molecular formula is C15H24N2O3S. The summed E-state index contributed by atoms with van der Waals surface area (Å²) >= 11 is 0. The SMILES string of the molecule is CC(C)c1ccc(C(=O)NCCCN(C)S(C)(=O)=O)cc1. The van der Waals surface area contributed by atoms with E-state index in [-0.39, 0.29) is 5.91 Å². The van der Waals surface area contributed by atoms with Gasteiger partial charge in [0.25, 0.3) is 5.91 Å². The fourth-order valence-electron chi connectivity index (χ4n) is 1.79. The van der Waals surface area contributed by atoms with Gasteiger partial charge in [-0.15, -0.1) is 0 Å². The molecule has 0 unspecified atom stereocenters. The number of amides is 1. The Balaban J connectivity index is 2.41. The Labute approximate surface area is 127 Å². The number of nitrogens with zero attached hydrogens (tertiary/aromatic N) is 1. The highest BCUT2D eigenvalue weighted by Gasteiger charge is 2.10. The molecule has 6 heteroatoms. The number of hydrogen-bond donors (Lipinski definition) is 1. The van der Waals surface area contributed by atoms with E-state index in [2.05, 4.69) is 19.2 Å². The van der Waals surface area contributed by atoms with Gasteiger partial charge in [-0.3, -0.25) is 4.79 Å². The molecule has 0 aliphatic carbocycles. The molecule has 118 valence electrons.